The van der Waals surface area contributed by atoms with Gasteiger partial charge >= 0.3 is 5.97 Å². The number of benzene rings is 1. The summed E-state index contributed by atoms with van der Waals surface area (Å²) in [5.74, 6) is 1.53. The van der Waals surface area contributed by atoms with Crippen LogP contribution in [0.15, 0.2) is 24.3 Å². The molecule has 0 saturated carbocycles. The molecule has 110 valence electrons. The molecule has 0 spiro atoms. The summed E-state index contributed by atoms with van der Waals surface area (Å²) in [7, 11) is 1.44. The van der Waals surface area contributed by atoms with Crippen LogP contribution in [0.4, 0.5) is 0 Å². The van der Waals surface area contributed by atoms with E-state index in [1.165, 1.54) is 12.7 Å². The molecule has 1 aromatic carbocycles. The Hall–Kier alpha value is -2.17. The van der Waals surface area contributed by atoms with Gasteiger partial charge in [-0.15, -0.1) is 10.2 Å². The van der Waals surface area contributed by atoms with Crippen LogP contribution in [0.3, 0.4) is 0 Å². The minimum Gasteiger partial charge on any atom is -0.469 e. The third kappa shape index (κ3) is 2.55. The lowest BCUT2D eigenvalue weighted by molar-refractivity contribution is -0.146. The Morgan fingerprint density at radius 1 is 1.33 bits per heavy atom. The summed E-state index contributed by atoms with van der Waals surface area (Å²) in [4.78, 5) is 11.8. The van der Waals surface area contributed by atoms with Gasteiger partial charge in [-0.2, -0.15) is 0 Å². The van der Waals surface area contributed by atoms with E-state index in [1.54, 1.807) is 0 Å². The Bertz CT molecular complexity index is 646. The first-order valence-electron chi connectivity index (χ1n) is 7.32. The van der Waals surface area contributed by atoms with Gasteiger partial charge in [0.05, 0.1) is 13.0 Å². The first-order chi connectivity index (χ1) is 10.2. The summed E-state index contributed by atoms with van der Waals surface area (Å²) in [6, 6.07) is 8.35. The molecule has 5 heteroatoms. The number of ether oxygens (including phenoxy) is 1. The number of hydrogen-bond acceptors (Lipinski definition) is 4. The standard InChI is InChI=1S/C16H19N3O2/c1-3-11-4-6-12(7-5-11)15-18-17-14-9-8-13(10-19(14)15)16(20)21-2/h4-7,13H,3,8-10H2,1-2H3. The zero-order valence-corrected chi connectivity index (χ0v) is 12.4. The summed E-state index contributed by atoms with van der Waals surface area (Å²) < 4.78 is 6.91. The second kappa shape index (κ2) is 5.68. The number of nitrogens with zero attached hydrogens (tertiary/aromatic N) is 3. The summed E-state index contributed by atoms with van der Waals surface area (Å²) in [6.07, 6.45) is 2.56. The maximum atomic E-state index is 11.8. The highest BCUT2D eigenvalue weighted by Gasteiger charge is 2.28. The number of fused-ring (bicyclic) bond motifs is 1. The van der Waals surface area contributed by atoms with Crippen LogP contribution in [0, 0.1) is 5.92 Å². The first-order valence-corrected chi connectivity index (χ1v) is 7.32. The van der Waals surface area contributed by atoms with Crippen molar-refractivity contribution >= 4 is 5.97 Å². The maximum Gasteiger partial charge on any atom is 0.310 e. The van der Waals surface area contributed by atoms with Crippen molar-refractivity contribution in [3.8, 4) is 11.4 Å². The van der Waals surface area contributed by atoms with Crippen LogP contribution in [0.25, 0.3) is 11.4 Å². The van der Waals surface area contributed by atoms with Gasteiger partial charge < -0.3 is 9.30 Å². The molecule has 0 aliphatic carbocycles. The minimum absolute atomic E-state index is 0.104. The highest BCUT2D eigenvalue weighted by atomic mass is 16.5. The zero-order chi connectivity index (χ0) is 14.8. The number of aromatic nitrogens is 3. The van der Waals surface area contributed by atoms with E-state index in [9.17, 15) is 4.79 Å². The third-order valence-electron chi connectivity index (χ3n) is 4.10. The first kappa shape index (κ1) is 13.8. The van der Waals surface area contributed by atoms with Gasteiger partial charge in [0.2, 0.25) is 0 Å². The molecule has 1 atom stereocenters. The van der Waals surface area contributed by atoms with Crippen molar-refractivity contribution in [2.24, 2.45) is 5.92 Å². The number of aryl methyl sites for hydroxylation is 2. The van der Waals surface area contributed by atoms with Crippen LogP contribution in [-0.2, 0) is 28.9 Å². The SMILES string of the molecule is CCc1ccc(-c2nnc3n2CC(C(=O)OC)CC3)cc1. The molecule has 0 saturated heterocycles. The molecule has 0 amide bonds. The molecule has 3 rings (SSSR count). The quantitative estimate of drug-likeness (QED) is 0.812. The topological polar surface area (TPSA) is 57.0 Å². The van der Waals surface area contributed by atoms with Crippen LogP contribution in [-0.4, -0.2) is 27.8 Å². The highest BCUT2D eigenvalue weighted by molar-refractivity contribution is 5.72. The van der Waals surface area contributed by atoms with Gasteiger partial charge in [-0.3, -0.25) is 4.79 Å². The van der Waals surface area contributed by atoms with Crippen LogP contribution >= 0.6 is 0 Å². The molecule has 21 heavy (non-hydrogen) atoms. The zero-order valence-electron chi connectivity index (χ0n) is 12.4. The third-order valence-corrected chi connectivity index (χ3v) is 4.10. The average Bonchev–Trinajstić information content (AvgIpc) is 2.97. The number of rotatable bonds is 3. The number of carbonyl (C=O) groups excluding carboxylic acids is 1. The van der Waals surface area contributed by atoms with Gasteiger partial charge in [-0.1, -0.05) is 31.2 Å². The molecule has 1 aliphatic rings. The summed E-state index contributed by atoms with van der Waals surface area (Å²) in [5.41, 5.74) is 2.33. The van der Waals surface area contributed by atoms with Gasteiger partial charge in [0.1, 0.15) is 5.82 Å². The second-order valence-corrected chi connectivity index (χ2v) is 5.36. The molecule has 2 aromatic rings. The fourth-order valence-electron chi connectivity index (χ4n) is 2.79. The molecular formula is C16H19N3O2. The number of methoxy groups -OCH3 is 1. The number of esters is 1. The van der Waals surface area contributed by atoms with Crippen molar-refractivity contribution in [2.75, 3.05) is 7.11 Å². The van der Waals surface area contributed by atoms with Crippen molar-refractivity contribution in [3.63, 3.8) is 0 Å². The molecule has 1 aromatic heterocycles. The van der Waals surface area contributed by atoms with Gasteiger partial charge in [0.15, 0.2) is 5.82 Å². The molecule has 1 aliphatic heterocycles. The lowest BCUT2D eigenvalue weighted by Crippen LogP contribution is -2.28. The van der Waals surface area contributed by atoms with Gasteiger partial charge in [0.25, 0.3) is 0 Å². The van der Waals surface area contributed by atoms with E-state index in [0.29, 0.717) is 6.54 Å². The van der Waals surface area contributed by atoms with Crippen molar-refractivity contribution in [2.45, 2.75) is 32.7 Å². The fourth-order valence-corrected chi connectivity index (χ4v) is 2.79. The second-order valence-electron chi connectivity index (χ2n) is 5.36. The van der Waals surface area contributed by atoms with E-state index in [2.05, 4.69) is 41.4 Å². The van der Waals surface area contributed by atoms with Crippen molar-refractivity contribution in [3.05, 3.63) is 35.7 Å². The minimum atomic E-state index is -0.151. The lowest BCUT2D eigenvalue weighted by atomic mass is 9.99. The van der Waals surface area contributed by atoms with E-state index in [4.69, 9.17) is 4.74 Å². The average molecular weight is 285 g/mol. The van der Waals surface area contributed by atoms with E-state index >= 15 is 0 Å². The van der Waals surface area contributed by atoms with Crippen molar-refractivity contribution in [1.82, 2.24) is 14.8 Å². The van der Waals surface area contributed by atoms with Gasteiger partial charge in [-0.05, 0) is 18.4 Å². The van der Waals surface area contributed by atoms with Crippen LogP contribution in [0.5, 0.6) is 0 Å². The van der Waals surface area contributed by atoms with Gasteiger partial charge in [-0.25, -0.2) is 0 Å². The molecule has 0 fully saturated rings. The number of carbonyl (C=O) groups is 1. The lowest BCUT2D eigenvalue weighted by Gasteiger charge is -2.22. The predicted molar refractivity (Wildman–Crippen MR) is 78.7 cm³/mol. The summed E-state index contributed by atoms with van der Waals surface area (Å²) in [5, 5.41) is 8.56. The number of hydrogen-bond donors (Lipinski definition) is 0. The molecule has 0 radical (unpaired) electrons. The van der Waals surface area contributed by atoms with Crippen molar-refractivity contribution in [1.29, 1.82) is 0 Å². The molecule has 1 unspecified atom stereocenters. The monoisotopic (exact) mass is 285 g/mol. The van der Waals surface area contributed by atoms with E-state index in [0.717, 1.165) is 36.5 Å². The fraction of sp³-hybridized carbons (Fsp3) is 0.438. The Morgan fingerprint density at radius 3 is 2.76 bits per heavy atom. The molecule has 0 N–H and O–H groups in total. The smallest absolute Gasteiger partial charge is 0.310 e. The molecule has 2 heterocycles. The Morgan fingerprint density at radius 2 is 2.10 bits per heavy atom. The van der Waals surface area contributed by atoms with Crippen LogP contribution in [0.2, 0.25) is 0 Å². The van der Waals surface area contributed by atoms with Crippen molar-refractivity contribution < 1.29 is 9.53 Å². The van der Waals surface area contributed by atoms with E-state index in [1.807, 2.05) is 4.57 Å². The Balaban J connectivity index is 1.91. The van der Waals surface area contributed by atoms with Crippen LogP contribution < -0.4 is 0 Å². The predicted octanol–water partition coefficient (Wildman–Crippen LogP) is 2.24. The van der Waals surface area contributed by atoms with E-state index < -0.39 is 0 Å². The molecule has 5 nitrogen and oxygen atoms in total. The highest BCUT2D eigenvalue weighted by Crippen LogP contribution is 2.26. The van der Waals surface area contributed by atoms with E-state index in [-0.39, 0.29) is 11.9 Å². The van der Waals surface area contributed by atoms with Gasteiger partial charge in [0, 0.05) is 18.5 Å². The van der Waals surface area contributed by atoms with Crippen LogP contribution in [0.1, 0.15) is 24.7 Å². The molecular weight excluding hydrogens is 266 g/mol. The maximum absolute atomic E-state index is 11.8. The normalized spacial score (nSPS) is 17.3. The summed E-state index contributed by atoms with van der Waals surface area (Å²) in [6.45, 7) is 2.73. The largest absolute Gasteiger partial charge is 0.469 e. The molecule has 0 bridgehead atoms. The summed E-state index contributed by atoms with van der Waals surface area (Å²) >= 11 is 0. The Labute approximate surface area is 124 Å². The Kier molecular flexibility index (Phi) is 3.73.